The number of amides is 1. The minimum Gasteiger partial charge on any atom is -0.473 e. The highest BCUT2D eigenvalue weighted by Gasteiger charge is 2.32. The first-order valence-corrected chi connectivity index (χ1v) is 9.25. The molecule has 5 nitrogen and oxygen atoms in total. The molecule has 0 unspecified atom stereocenters. The van der Waals surface area contributed by atoms with Gasteiger partial charge in [-0.1, -0.05) is 24.3 Å². The van der Waals surface area contributed by atoms with Crippen LogP contribution in [0.5, 0.6) is 5.88 Å². The van der Waals surface area contributed by atoms with Crippen LogP contribution < -0.4 is 4.74 Å². The van der Waals surface area contributed by atoms with Crippen LogP contribution in [0.1, 0.15) is 28.8 Å². The number of aromatic nitrogens is 2. The molecular formula is C21H18F3N3O2. The van der Waals surface area contributed by atoms with Crippen LogP contribution in [0.25, 0.3) is 10.8 Å². The third kappa shape index (κ3) is 4.16. The van der Waals surface area contributed by atoms with Gasteiger partial charge in [0.2, 0.25) is 5.88 Å². The van der Waals surface area contributed by atoms with Crippen LogP contribution in [0.15, 0.2) is 54.7 Å². The number of benzene rings is 2. The first kappa shape index (κ1) is 19.2. The van der Waals surface area contributed by atoms with Gasteiger partial charge < -0.3 is 9.64 Å². The highest BCUT2D eigenvalue weighted by Crippen LogP contribution is 2.30. The second-order valence-electron chi connectivity index (χ2n) is 6.92. The van der Waals surface area contributed by atoms with Crippen molar-refractivity contribution in [1.82, 2.24) is 15.1 Å². The van der Waals surface area contributed by atoms with Crippen molar-refractivity contribution < 1.29 is 22.7 Å². The Labute approximate surface area is 165 Å². The molecule has 1 saturated heterocycles. The molecule has 8 heteroatoms. The lowest BCUT2D eigenvalue weighted by atomic mass is 10.0. The smallest absolute Gasteiger partial charge is 0.416 e. The summed E-state index contributed by atoms with van der Waals surface area (Å²) in [5.74, 6) is 0.0465. The van der Waals surface area contributed by atoms with Crippen molar-refractivity contribution in [2.24, 2.45) is 0 Å². The molecule has 1 fully saturated rings. The van der Waals surface area contributed by atoms with Crippen LogP contribution in [0.4, 0.5) is 13.2 Å². The summed E-state index contributed by atoms with van der Waals surface area (Å²) >= 11 is 0. The second kappa shape index (κ2) is 7.69. The molecule has 1 aliphatic rings. The highest BCUT2D eigenvalue weighted by molar-refractivity contribution is 5.94. The van der Waals surface area contributed by atoms with Crippen LogP contribution in [-0.4, -0.2) is 40.2 Å². The SMILES string of the molecule is O=C(c1cccc(C(F)(F)F)c1)N1CCC(Oc2nncc3ccccc23)CC1. The molecule has 1 amide bonds. The molecule has 1 aromatic heterocycles. The summed E-state index contributed by atoms with van der Waals surface area (Å²) in [5.41, 5.74) is -0.782. The normalized spacial score (nSPS) is 15.5. The van der Waals surface area contributed by atoms with Gasteiger partial charge >= 0.3 is 6.18 Å². The monoisotopic (exact) mass is 401 g/mol. The van der Waals surface area contributed by atoms with E-state index >= 15 is 0 Å². The van der Waals surface area contributed by atoms with Gasteiger partial charge in [-0.2, -0.15) is 18.3 Å². The number of fused-ring (bicyclic) bond motifs is 1. The number of halogens is 3. The lowest BCUT2D eigenvalue weighted by molar-refractivity contribution is -0.137. The number of piperidine rings is 1. The summed E-state index contributed by atoms with van der Waals surface area (Å²) in [7, 11) is 0. The highest BCUT2D eigenvalue weighted by atomic mass is 19.4. The summed E-state index contributed by atoms with van der Waals surface area (Å²) in [4.78, 5) is 14.2. The van der Waals surface area contributed by atoms with E-state index in [0.29, 0.717) is 31.8 Å². The van der Waals surface area contributed by atoms with E-state index in [-0.39, 0.29) is 11.7 Å². The Balaban J connectivity index is 1.41. The van der Waals surface area contributed by atoms with Gasteiger partial charge in [0.1, 0.15) is 6.10 Å². The van der Waals surface area contributed by atoms with Crippen LogP contribution in [0, 0.1) is 0 Å². The van der Waals surface area contributed by atoms with Gasteiger partial charge in [0.15, 0.2) is 0 Å². The minimum atomic E-state index is -4.48. The molecule has 2 aromatic carbocycles. The van der Waals surface area contributed by atoms with E-state index in [1.807, 2.05) is 24.3 Å². The number of alkyl halides is 3. The van der Waals surface area contributed by atoms with Gasteiger partial charge in [-0.25, -0.2) is 0 Å². The topological polar surface area (TPSA) is 55.3 Å². The van der Waals surface area contributed by atoms with E-state index < -0.39 is 17.6 Å². The molecule has 0 bridgehead atoms. The standard InChI is InChI=1S/C21H18F3N3O2/c22-21(23,24)16-6-3-5-14(12-16)20(28)27-10-8-17(9-11-27)29-19-18-7-2-1-4-15(18)13-25-26-19/h1-7,12-13,17H,8-11H2. The van der Waals surface area contributed by atoms with Crippen molar-refractivity contribution >= 4 is 16.7 Å². The Bertz CT molecular complexity index is 1030. The first-order valence-electron chi connectivity index (χ1n) is 9.25. The average Bonchev–Trinajstić information content (AvgIpc) is 2.73. The molecule has 150 valence electrons. The third-order valence-electron chi connectivity index (χ3n) is 4.98. The molecule has 0 atom stereocenters. The fourth-order valence-electron chi connectivity index (χ4n) is 3.43. The maximum atomic E-state index is 12.9. The molecule has 3 aromatic rings. The molecule has 4 rings (SSSR count). The number of hydrogen-bond acceptors (Lipinski definition) is 4. The van der Waals surface area contributed by atoms with Crippen LogP contribution in [0.2, 0.25) is 0 Å². The van der Waals surface area contributed by atoms with Crippen molar-refractivity contribution in [3.8, 4) is 5.88 Å². The Morgan fingerprint density at radius 1 is 1.07 bits per heavy atom. The summed E-state index contributed by atoms with van der Waals surface area (Å²) < 4.78 is 44.7. The van der Waals surface area contributed by atoms with E-state index in [1.165, 1.54) is 12.1 Å². The van der Waals surface area contributed by atoms with Gasteiger partial charge in [0.05, 0.1) is 11.8 Å². The first-order chi connectivity index (χ1) is 13.9. The Morgan fingerprint density at radius 3 is 2.59 bits per heavy atom. The summed E-state index contributed by atoms with van der Waals surface area (Å²) in [6, 6.07) is 12.2. The van der Waals surface area contributed by atoms with E-state index in [2.05, 4.69) is 10.2 Å². The van der Waals surface area contributed by atoms with Crippen molar-refractivity contribution in [2.45, 2.75) is 25.1 Å². The summed E-state index contributed by atoms with van der Waals surface area (Å²) in [5, 5.41) is 9.83. The number of rotatable bonds is 3. The van der Waals surface area contributed by atoms with Gasteiger partial charge in [0, 0.05) is 42.3 Å². The molecular weight excluding hydrogens is 383 g/mol. The van der Waals surface area contributed by atoms with Crippen molar-refractivity contribution in [3.05, 3.63) is 65.9 Å². The van der Waals surface area contributed by atoms with Gasteiger partial charge in [-0.15, -0.1) is 5.10 Å². The lowest BCUT2D eigenvalue weighted by Gasteiger charge is -2.32. The largest absolute Gasteiger partial charge is 0.473 e. The molecule has 0 spiro atoms. The number of likely N-dealkylation sites (tertiary alicyclic amines) is 1. The molecule has 0 aliphatic carbocycles. The molecule has 29 heavy (non-hydrogen) atoms. The fourth-order valence-corrected chi connectivity index (χ4v) is 3.43. The number of carbonyl (C=O) groups is 1. The third-order valence-corrected chi connectivity index (χ3v) is 4.98. The number of nitrogens with zero attached hydrogens (tertiary/aromatic N) is 3. The molecule has 2 heterocycles. The number of hydrogen-bond donors (Lipinski definition) is 0. The zero-order valence-electron chi connectivity index (χ0n) is 15.4. The minimum absolute atomic E-state index is 0.0408. The lowest BCUT2D eigenvalue weighted by Crippen LogP contribution is -2.42. The van der Waals surface area contributed by atoms with Gasteiger partial charge in [0.25, 0.3) is 5.91 Å². The van der Waals surface area contributed by atoms with Crippen LogP contribution in [0.3, 0.4) is 0 Å². The van der Waals surface area contributed by atoms with Crippen LogP contribution in [-0.2, 0) is 6.18 Å². The Kier molecular flexibility index (Phi) is 5.08. The molecule has 0 N–H and O–H groups in total. The maximum absolute atomic E-state index is 12.9. The quantitative estimate of drug-likeness (QED) is 0.656. The number of carbonyl (C=O) groups excluding carboxylic acids is 1. The zero-order valence-corrected chi connectivity index (χ0v) is 15.4. The number of ether oxygens (including phenoxy) is 1. The molecule has 0 radical (unpaired) electrons. The van der Waals surface area contributed by atoms with Crippen molar-refractivity contribution in [3.63, 3.8) is 0 Å². The molecule has 0 saturated carbocycles. The maximum Gasteiger partial charge on any atom is 0.416 e. The Morgan fingerprint density at radius 2 is 1.83 bits per heavy atom. The zero-order chi connectivity index (χ0) is 20.4. The van der Waals surface area contributed by atoms with Crippen molar-refractivity contribution in [2.75, 3.05) is 13.1 Å². The van der Waals surface area contributed by atoms with E-state index in [9.17, 15) is 18.0 Å². The summed E-state index contributed by atoms with van der Waals surface area (Å²) in [6.07, 6.45) is -1.82. The summed E-state index contributed by atoms with van der Waals surface area (Å²) in [6.45, 7) is 0.801. The van der Waals surface area contributed by atoms with Crippen LogP contribution >= 0.6 is 0 Å². The average molecular weight is 401 g/mol. The second-order valence-corrected chi connectivity index (χ2v) is 6.92. The van der Waals surface area contributed by atoms with Crippen molar-refractivity contribution in [1.29, 1.82) is 0 Å². The van der Waals surface area contributed by atoms with Gasteiger partial charge in [-0.05, 0) is 24.3 Å². The molecule has 1 aliphatic heterocycles. The predicted octanol–water partition coefficient (Wildman–Crippen LogP) is 4.33. The van der Waals surface area contributed by atoms with Gasteiger partial charge in [-0.3, -0.25) is 4.79 Å². The Hall–Kier alpha value is -3.16. The predicted molar refractivity (Wildman–Crippen MR) is 101 cm³/mol. The van der Waals surface area contributed by atoms with E-state index in [1.54, 1.807) is 11.1 Å². The van der Waals surface area contributed by atoms with E-state index in [0.717, 1.165) is 22.9 Å². The fraction of sp³-hybridized carbons (Fsp3) is 0.286. The van der Waals surface area contributed by atoms with E-state index in [4.69, 9.17) is 4.74 Å².